The van der Waals surface area contributed by atoms with Crippen LogP contribution in [-0.2, 0) is 20.9 Å². The van der Waals surface area contributed by atoms with Crippen LogP contribution in [0.3, 0.4) is 0 Å². The van der Waals surface area contributed by atoms with Gasteiger partial charge in [-0.05, 0) is 5.56 Å². The summed E-state index contributed by atoms with van der Waals surface area (Å²) in [5.41, 5.74) is 0.469. The second-order valence-electron chi connectivity index (χ2n) is 5.26. The van der Waals surface area contributed by atoms with Crippen molar-refractivity contribution in [2.24, 2.45) is 0 Å². The van der Waals surface area contributed by atoms with Crippen LogP contribution in [0.5, 0.6) is 0 Å². The zero-order valence-electron chi connectivity index (χ0n) is 13.7. The molecule has 0 saturated heterocycles. The number of hydrogen-bond acceptors (Lipinski definition) is 4. The van der Waals surface area contributed by atoms with Crippen molar-refractivity contribution in [1.29, 1.82) is 0 Å². The van der Waals surface area contributed by atoms with Crippen molar-refractivity contribution in [1.82, 2.24) is 5.32 Å². The third-order valence-electron chi connectivity index (χ3n) is 3.27. The number of ether oxygens (including phenoxy) is 2. The summed E-state index contributed by atoms with van der Waals surface area (Å²) >= 11 is 0. The standard InChI is InChI=1S/C15H14F7NO4/c1-26-11(24)10(7-13(16,17)14(18,19)15(20,21)22)23-12(25)27-8-9-5-3-2-4-6-9/h2-6,10H,7-8H2,1H3,(H,23,25). The number of alkyl carbamates (subject to hydrolysis) is 1. The lowest BCUT2D eigenvalue weighted by Crippen LogP contribution is -2.56. The van der Waals surface area contributed by atoms with Gasteiger partial charge in [-0.1, -0.05) is 30.3 Å². The van der Waals surface area contributed by atoms with Gasteiger partial charge in [0.05, 0.1) is 7.11 Å². The van der Waals surface area contributed by atoms with Gasteiger partial charge >= 0.3 is 30.1 Å². The number of amides is 1. The molecule has 0 heterocycles. The highest BCUT2D eigenvalue weighted by molar-refractivity contribution is 5.81. The summed E-state index contributed by atoms with van der Waals surface area (Å²) < 4.78 is 98.1. The Kier molecular flexibility index (Phi) is 7.04. The number of halogens is 7. The molecule has 1 N–H and O–H groups in total. The normalized spacial score (nSPS) is 13.6. The van der Waals surface area contributed by atoms with Gasteiger partial charge in [0.1, 0.15) is 12.6 Å². The minimum atomic E-state index is -6.56. The van der Waals surface area contributed by atoms with E-state index in [0.717, 1.165) is 0 Å². The van der Waals surface area contributed by atoms with Gasteiger partial charge in [0.15, 0.2) is 0 Å². The van der Waals surface area contributed by atoms with E-state index in [4.69, 9.17) is 0 Å². The number of esters is 1. The summed E-state index contributed by atoms with van der Waals surface area (Å²) in [5, 5.41) is 1.50. The lowest BCUT2D eigenvalue weighted by molar-refractivity contribution is -0.356. The van der Waals surface area contributed by atoms with Crippen LogP contribution in [0.25, 0.3) is 0 Å². The molecule has 0 fully saturated rings. The Hall–Kier alpha value is -2.53. The van der Waals surface area contributed by atoms with E-state index in [-0.39, 0.29) is 6.61 Å². The molecular weight excluding hydrogens is 391 g/mol. The maximum absolute atomic E-state index is 13.5. The summed E-state index contributed by atoms with van der Waals surface area (Å²) in [5.74, 6) is -13.8. The molecule has 0 spiro atoms. The van der Waals surface area contributed by atoms with E-state index in [9.17, 15) is 40.3 Å². The molecule has 0 aliphatic heterocycles. The predicted molar refractivity (Wildman–Crippen MR) is 76.1 cm³/mol. The Morgan fingerprint density at radius 1 is 1.04 bits per heavy atom. The highest BCUT2D eigenvalue weighted by atomic mass is 19.4. The predicted octanol–water partition coefficient (Wildman–Crippen LogP) is 3.68. The van der Waals surface area contributed by atoms with Gasteiger partial charge in [-0.3, -0.25) is 0 Å². The number of rotatable bonds is 7. The number of benzene rings is 1. The van der Waals surface area contributed by atoms with Crippen LogP contribution in [0, 0.1) is 0 Å². The fraction of sp³-hybridized carbons (Fsp3) is 0.467. The van der Waals surface area contributed by atoms with Crippen molar-refractivity contribution in [2.45, 2.75) is 37.1 Å². The molecule has 0 bridgehead atoms. The SMILES string of the molecule is COC(=O)C(CC(F)(F)C(F)(F)C(F)(F)F)NC(=O)OCc1ccccc1. The van der Waals surface area contributed by atoms with Crippen LogP contribution in [-0.4, -0.2) is 43.2 Å². The van der Waals surface area contributed by atoms with Gasteiger partial charge in [0.25, 0.3) is 0 Å². The first-order valence-electron chi connectivity index (χ1n) is 7.19. The van der Waals surface area contributed by atoms with Crippen molar-refractivity contribution in [3.8, 4) is 0 Å². The summed E-state index contributed by atoms with van der Waals surface area (Å²) in [6.45, 7) is -0.365. The quantitative estimate of drug-likeness (QED) is 0.555. The summed E-state index contributed by atoms with van der Waals surface area (Å²) in [6, 6.07) is 5.40. The molecule has 1 aromatic rings. The fourth-order valence-corrected chi connectivity index (χ4v) is 1.83. The number of nitrogens with one attached hydrogen (secondary N) is 1. The topological polar surface area (TPSA) is 64.6 Å². The van der Waals surface area contributed by atoms with E-state index in [1.165, 1.54) is 17.4 Å². The second kappa shape index (κ2) is 8.44. The molecule has 1 rings (SSSR count). The van der Waals surface area contributed by atoms with Gasteiger partial charge in [-0.15, -0.1) is 0 Å². The zero-order chi connectivity index (χ0) is 20.9. The molecule has 12 heteroatoms. The Bertz CT molecular complexity index is 649. The highest BCUT2D eigenvalue weighted by Gasteiger charge is 2.73. The number of alkyl halides is 7. The van der Waals surface area contributed by atoms with E-state index < -0.39 is 42.5 Å². The Morgan fingerprint density at radius 2 is 1.59 bits per heavy atom. The molecule has 1 atom stereocenters. The minimum absolute atomic E-state index is 0.365. The first kappa shape index (κ1) is 22.5. The maximum atomic E-state index is 13.5. The largest absolute Gasteiger partial charge is 0.467 e. The van der Waals surface area contributed by atoms with Gasteiger partial charge in [-0.2, -0.15) is 30.7 Å². The highest BCUT2D eigenvalue weighted by Crippen LogP contribution is 2.48. The number of hydrogen-bond donors (Lipinski definition) is 1. The average Bonchev–Trinajstić information content (AvgIpc) is 2.58. The van der Waals surface area contributed by atoms with Crippen molar-refractivity contribution < 1.29 is 49.8 Å². The minimum Gasteiger partial charge on any atom is -0.467 e. The Labute approximate surface area is 148 Å². The van der Waals surface area contributed by atoms with E-state index >= 15 is 0 Å². The maximum Gasteiger partial charge on any atom is 0.459 e. The van der Waals surface area contributed by atoms with E-state index in [0.29, 0.717) is 12.7 Å². The van der Waals surface area contributed by atoms with E-state index in [2.05, 4.69) is 9.47 Å². The number of carbonyl (C=O) groups excluding carboxylic acids is 2. The summed E-state index contributed by atoms with van der Waals surface area (Å²) in [7, 11) is 0.673. The molecule has 1 unspecified atom stereocenters. The Balaban J connectivity index is 2.84. The third-order valence-corrected chi connectivity index (χ3v) is 3.27. The molecule has 0 aliphatic rings. The summed E-state index contributed by atoms with van der Waals surface area (Å²) in [6.07, 6.45) is -10.4. The Morgan fingerprint density at radius 3 is 2.07 bits per heavy atom. The van der Waals surface area contributed by atoms with E-state index in [1.807, 2.05) is 0 Å². The molecule has 0 aromatic heterocycles. The average molecular weight is 405 g/mol. The van der Waals surface area contributed by atoms with Crippen molar-refractivity contribution in [3.63, 3.8) is 0 Å². The summed E-state index contributed by atoms with van der Waals surface area (Å²) in [4.78, 5) is 23.0. The van der Waals surface area contributed by atoms with E-state index in [1.54, 1.807) is 18.2 Å². The lowest BCUT2D eigenvalue weighted by Gasteiger charge is -2.30. The molecule has 0 aliphatic carbocycles. The number of methoxy groups -OCH3 is 1. The van der Waals surface area contributed by atoms with Gasteiger partial charge in [0, 0.05) is 6.42 Å². The number of carbonyl (C=O) groups is 2. The first-order valence-corrected chi connectivity index (χ1v) is 7.19. The monoisotopic (exact) mass is 405 g/mol. The van der Waals surface area contributed by atoms with Crippen molar-refractivity contribution >= 4 is 12.1 Å². The molecule has 1 amide bonds. The van der Waals surface area contributed by atoms with Gasteiger partial charge in [-0.25, -0.2) is 9.59 Å². The van der Waals surface area contributed by atoms with Crippen LogP contribution in [0.1, 0.15) is 12.0 Å². The molecular formula is C15H14F7NO4. The van der Waals surface area contributed by atoms with Crippen LogP contribution in [0.4, 0.5) is 35.5 Å². The van der Waals surface area contributed by atoms with Crippen LogP contribution in [0.2, 0.25) is 0 Å². The zero-order valence-corrected chi connectivity index (χ0v) is 13.7. The molecule has 0 radical (unpaired) electrons. The van der Waals surface area contributed by atoms with Crippen LogP contribution < -0.4 is 5.32 Å². The fourth-order valence-electron chi connectivity index (χ4n) is 1.83. The van der Waals surface area contributed by atoms with Crippen molar-refractivity contribution in [3.05, 3.63) is 35.9 Å². The van der Waals surface area contributed by atoms with Gasteiger partial charge in [0.2, 0.25) is 0 Å². The molecule has 1 aromatic carbocycles. The smallest absolute Gasteiger partial charge is 0.459 e. The van der Waals surface area contributed by atoms with Crippen LogP contribution >= 0.6 is 0 Å². The second-order valence-corrected chi connectivity index (χ2v) is 5.26. The first-order chi connectivity index (χ1) is 12.3. The third kappa shape index (κ3) is 5.73. The molecule has 0 saturated carbocycles. The van der Waals surface area contributed by atoms with Crippen LogP contribution in [0.15, 0.2) is 30.3 Å². The lowest BCUT2D eigenvalue weighted by atomic mass is 10.0. The van der Waals surface area contributed by atoms with Crippen molar-refractivity contribution in [2.75, 3.05) is 7.11 Å². The van der Waals surface area contributed by atoms with Gasteiger partial charge < -0.3 is 14.8 Å². The molecule has 5 nitrogen and oxygen atoms in total. The molecule has 27 heavy (non-hydrogen) atoms. The molecule has 152 valence electrons.